The lowest BCUT2D eigenvalue weighted by molar-refractivity contribution is -0.117. The quantitative estimate of drug-likeness (QED) is 0.430. The predicted molar refractivity (Wildman–Crippen MR) is 145 cm³/mol. The second kappa shape index (κ2) is 10.8. The monoisotopic (exact) mass is 522 g/mol. The molecule has 2 N–H and O–H groups in total. The number of nitrogens with zero attached hydrogens (tertiary/aromatic N) is 5. The lowest BCUT2D eigenvalue weighted by Gasteiger charge is -2.39. The van der Waals surface area contributed by atoms with Crippen LogP contribution in [0.5, 0.6) is 0 Å². The van der Waals surface area contributed by atoms with Crippen LogP contribution in [0.4, 0.5) is 20.7 Å². The predicted octanol–water partition coefficient (Wildman–Crippen LogP) is 5.41. The highest BCUT2D eigenvalue weighted by molar-refractivity contribution is 5.94. The van der Waals surface area contributed by atoms with E-state index in [0.29, 0.717) is 31.9 Å². The Morgan fingerprint density at radius 1 is 1.18 bits per heavy atom. The number of rotatable bonds is 7. The molecule has 0 bridgehead atoms. The third-order valence-electron chi connectivity index (χ3n) is 6.57. The zero-order valence-corrected chi connectivity index (χ0v) is 22.5. The van der Waals surface area contributed by atoms with E-state index >= 15 is 0 Å². The van der Waals surface area contributed by atoms with E-state index in [1.54, 1.807) is 28.8 Å². The van der Waals surface area contributed by atoms with Gasteiger partial charge >= 0.3 is 6.09 Å². The lowest BCUT2D eigenvalue weighted by atomic mass is 9.89. The van der Waals surface area contributed by atoms with E-state index in [4.69, 9.17) is 0 Å². The Balaban J connectivity index is 1.59. The molecule has 3 heterocycles. The summed E-state index contributed by atoms with van der Waals surface area (Å²) in [6.07, 6.45) is 4.55. The molecule has 0 unspecified atom stereocenters. The lowest BCUT2D eigenvalue weighted by Crippen LogP contribution is -2.43. The van der Waals surface area contributed by atoms with Gasteiger partial charge in [0.1, 0.15) is 11.6 Å². The third kappa shape index (κ3) is 6.30. The van der Waals surface area contributed by atoms with Gasteiger partial charge in [0.15, 0.2) is 0 Å². The van der Waals surface area contributed by atoms with Gasteiger partial charge in [-0.3, -0.25) is 9.48 Å². The van der Waals surface area contributed by atoms with Crippen molar-refractivity contribution in [2.24, 2.45) is 5.41 Å². The molecule has 0 saturated heterocycles. The zero-order valence-electron chi connectivity index (χ0n) is 22.5. The maximum absolute atomic E-state index is 13.4. The van der Waals surface area contributed by atoms with Gasteiger partial charge in [-0.15, -0.1) is 0 Å². The standard InChI is InChI=1S/C28H35FN6O3/c1-18-12-24(32-26-9-7-22(29)15-30-26)23-13-20(6-8-25(23)35(18)19(2)36)21-14-31-34(16-21)11-10-33(27(37)38)17-28(3,4)5/h6-9,13-16,18,24H,10-12,17H2,1-5H3,(H,30,32)(H,37,38)/t18-,24+/m0/s1. The van der Waals surface area contributed by atoms with Crippen LogP contribution in [0, 0.1) is 11.2 Å². The minimum atomic E-state index is -0.944. The number of pyridine rings is 1. The summed E-state index contributed by atoms with van der Waals surface area (Å²) in [6, 6.07) is 8.75. The van der Waals surface area contributed by atoms with Gasteiger partial charge in [0, 0.05) is 43.5 Å². The van der Waals surface area contributed by atoms with Crippen molar-refractivity contribution in [1.29, 1.82) is 0 Å². The number of hydrogen-bond acceptors (Lipinski definition) is 5. The fourth-order valence-electron chi connectivity index (χ4n) is 4.97. The van der Waals surface area contributed by atoms with Crippen LogP contribution in [0.15, 0.2) is 48.9 Å². The molecule has 2 aromatic heterocycles. The van der Waals surface area contributed by atoms with Gasteiger partial charge in [-0.2, -0.15) is 5.10 Å². The van der Waals surface area contributed by atoms with E-state index in [1.165, 1.54) is 17.2 Å². The highest BCUT2D eigenvalue weighted by Crippen LogP contribution is 2.41. The summed E-state index contributed by atoms with van der Waals surface area (Å²) in [5.74, 6) is 0.123. The molecule has 202 valence electrons. The van der Waals surface area contributed by atoms with Crippen molar-refractivity contribution in [2.75, 3.05) is 23.3 Å². The molecule has 0 spiro atoms. The number of carbonyl (C=O) groups excluding carboxylic acids is 1. The van der Waals surface area contributed by atoms with E-state index in [2.05, 4.69) is 15.4 Å². The molecule has 4 rings (SSSR count). The minimum absolute atomic E-state index is 0.0307. The van der Waals surface area contributed by atoms with Crippen LogP contribution < -0.4 is 10.2 Å². The summed E-state index contributed by atoms with van der Waals surface area (Å²) in [6.45, 7) is 10.8. The molecule has 0 saturated carbocycles. The molecule has 2 amide bonds. The van der Waals surface area contributed by atoms with Gasteiger partial charge in [-0.25, -0.2) is 14.2 Å². The van der Waals surface area contributed by atoms with E-state index < -0.39 is 11.9 Å². The van der Waals surface area contributed by atoms with Crippen molar-refractivity contribution in [3.63, 3.8) is 0 Å². The van der Waals surface area contributed by atoms with Gasteiger partial charge in [0.2, 0.25) is 5.91 Å². The summed E-state index contributed by atoms with van der Waals surface area (Å²) < 4.78 is 15.1. The number of anilines is 2. The maximum atomic E-state index is 13.4. The van der Waals surface area contributed by atoms with E-state index in [0.717, 1.165) is 22.4 Å². The van der Waals surface area contributed by atoms with Crippen LogP contribution in [0.25, 0.3) is 11.1 Å². The van der Waals surface area contributed by atoms with Gasteiger partial charge in [-0.05, 0) is 54.2 Å². The van der Waals surface area contributed by atoms with Crippen molar-refractivity contribution in [1.82, 2.24) is 19.7 Å². The molecule has 38 heavy (non-hydrogen) atoms. The molecule has 9 nitrogen and oxygen atoms in total. The molecule has 0 aliphatic carbocycles. The van der Waals surface area contributed by atoms with E-state index in [9.17, 15) is 19.1 Å². The van der Waals surface area contributed by atoms with Crippen LogP contribution in [0.1, 0.15) is 52.6 Å². The smallest absolute Gasteiger partial charge is 0.407 e. The first kappa shape index (κ1) is 27.1. The van der Waals surface area contributed by atoms with Crippen molar-refractivity contribution in [3.05, 3.63) is 60.3 Å². The summed E-state index contributed by atoms with van der Waals surface area (Å²) in [7, 11) is 0. The Morgan fingerprint density at radius 2 is 1.95 bits per heavy atom. The van der Waals surface area contributed by atoms with Gasteiger partial charge in [0.25, 0.3) is 0 Å². The molecule has 1 aromatic carbocycles. The van der Waals surface area contributed by atoms with E-state index in [1.807, 2.05) is 52.1 Å². The van der Waals surface area contributed by atoms with Gasteiger partial charge in [0.05, 0.1) is 25.0 Å². The summed E-state index contributed by atoms with van der Waals surface area (Å²) in [5.41, 5.74) is 3.44. The number of hydrogen-bond donors (Lipinski definition) is 2. The molecule has 3 aromatic rings. The fourth-order valence-corrected chi connectivity index (χ4v) is 4.97. The van der Waals surface area contributed by atoms with Crippen molar-refractivity contribution >= 4 is 23.5 Å². The molecule has 1 aliphatic heterocycles. The van der Waals surface area contributed by atoms with Crippen molar-refractivity contribution in [3.8, 4) is 11.1 Å². The Bertz CT molecular complexity index is 1300. The Hall–Kier alpha value is -3.95. The Kier molecular flexibility index (Phi) is 7.71. The SMILES string of the molecule is CC(=O)N1c2ccc(-c3cnn(CCN(CC(C)(C)C)C(=O)O)c3)cc2[C@H](Nc2ccc(F)cn2)C[C@@H]1C. The molecule has 0 fully saturated rings. The van der Waals surface area contributed by atoms with E-state index in [-0.39, 0.29) is 23.4 Å². The Labute approximate surface area is 222 Å². The molecular weight excluding hydrogens is 487 g/mol. The maximum Gasteiger partial charge on any atom is 0.407 e. The van der Waals surface area contributed by atoms with Crippen LogP contribution in [-0.4, -0.2) is 55.9 Å². The highest BCUT2D eigenvalue weighted by atomic mass is 19.1. The topological polar surface area (TPSA) is 104 Å². The first-order valence-corrected chi connectivity index (χ1v) is 12.7. The van der Waals surface area contributed by atoms with Gasteiger partial charge < -0.3 is 20.2 Å². The molecule has 1 aliphatic rings. The second-order valence-corrected chi connectivity index (χ2v) is 11.1. The van der Waals surface area contributed by atoms with Gasteiger partial charge in [-0.1, -0.05) is 26.8 Å². The molecular formula is C28H35FN6O3. The normalized spacial score (nSPS) is 17.2. The number of amides is 2. The first-order valence-electron chi connectivity index (χ1n) is 12.7. The number of carbonyl (C=O) groups is 2. The Morgan fingerprint density at radius 3 is 2.58 bits per heavy atom. The first-order chi connectivity index (χ1) is 17.9. The zero-order chi connectivity index (χ0) is 27.6. The molecule has 0 radical (unpaired) electrons. The number of benzene rings is 1. The minimum Gasteiger partial charge on any atom is -0.465 e. The fraction of sp³-hybridized carbons (Fsp3) is 0.429. The molecule has 2 atom stereocenters. The number of aromatic nitrogens is 3. The second-order valence-electron chi connectivity index (χ2n) is 11.1. The largest absolute Gasteiger partial charge is 0.465 e. The van der Waals surface area contributed by atoms with Crippen LogP contribution >= 0.6 is 0 Å². The van der Waals surface area contributed by atoms with Crippen LogP contribution in [0.3, 0.4) is 0 Å². The average molecular weight is 523 g/mol. The summed E-state index contributed by atoms with van der Waals surface area (Å²) >= 11 is 0. The summed E-state index contributed by atoms with van der Waals surface area (Å²) in [5, 5.41) is 17.4. The van der Waals surface area contributed by atoms with Crippen LogP contribution in [-0.2, 0) is 11.3 Å². The average Bonchev–Trinajstić information content (AvgIpc) is 3.31. The number of halogens is 1. The number of nitrogens with one attached hydrogen (secondary N) is 1. The van der Waals surface area contributed by atoms with Crippen molar-refractivity contribution in [2.45, 2.75) is 59.7 Å². The number of carboxylic acid groups (broad SMARTS) is 1. The molecule has 10 heteroatoms. The highest BCUT2D eigenvalue weighted by Gasteiger charge is 2.33. The van der Waals surface area contributed by atoms with Crippen LogP contribution in [0.2, 0.25) is 0 Å². The number of fused-ring (bicyclic) bond motifs is 1. The van der Waals surface area contributed by atoms with Crippen molar-refractivity contribution < 1.29 is 19.1 Å². The summed E-state index contributed by atoms with van der Waals surface area (Å²) in [4.78, 5) is 31.5. The third-order valence-corrected chi connectivity index (χ3v) is 6.57.